The second-order valence-electron chi connectivity index (χ2n) is 4.44. The van der Waals surface area contributed by atoms with Crippen LogP contribution in [0, 0.1) is 5.41 Å². The molecule has 1 aromatic rings. The molecule has 0 saturated heterocycles. The summed E-state index contributed by atoms with van der Waals surface area (Å²) < 4.78 is 5.14. The minimum Gasteiger partial charge on any atom is -0.495 e. The van der Waals surface area contributed by atoms with Crippen molar-refractivity contribution in [3.8, 4) is 5.75 Å². The van der Waals surface area contributed by atoms with E-state index in [9.17, 15) is 4.79 Å². The summed E-state index contributed by atoms with van der Waals surface area (Å²) in [6.07, 6.45) is 3.58. The Morgan fingerprint density at radius 3 is 3.00 bits per heavy atom. The number of rotatable bonds is 6. The van der Waals surface area contributed by atoms with E-state index in [1.54, 1.807) is 7.11 Å². The molecule has 5 heteroatoms. The van der Waals surface area contributed by atoms with Gasteiger partial charge >= 0.3 is 0 Å². The minimum atomic E-state index is -0.0160. The van der Waals surface area contributed by atoms with Gasteiger partial charge in [0.15, 0.2) is 0 Å². The van der Waals surface area contributed by atoms with E-state index in [1.165, 1.54) is 24.2 Å². The van der Waals surface area contributed by atoms with Crippen molar-refractivity contribution < 1.29 is 9.53 Å². The molecular weight excluding hydrogens is 302 g/mol. The van der Waals surface area contributed by atoms with Crippen LogP contribution >= 0.6 is 27.3 Å². The second-order valence-corrected chi connectivity index (χ2v) is 6.15. The van der Waals surface area contributed by atoms with Gasteiger partial charge in [0.25, 0.3) is 5.91 Å². The van der Waals surface area contributed by atoms with Crippen molar-refractivity contribution in [1.29, 1.82) is 0 Å². The van der Waals surface area contributed by atoms with Crippen molar-refractivity contribution in [3.05, 3.63) is 16.3 Å². The van der Waals surface area contributed by atoms with E-state index in [4.69, 9.17) is 4.74 Å². The van der Waals surface area contributed by atoms with Crippen LogP contribution in [0.3, 0.4) is 0 Å². The standard InChI is InChI=1S/C12H16BrNO2S/c1-16-9-2-7-17-10(9)11(15)14-8-12(3-4-12)5-6-13/h2,7H,3-6,8H2,1H3,(H,14,15). The fourth-order valence-electron chi connectivity index (χ4n) is 1.86. The Kier molecular flexibility index (Phi) is 4.09. The van der Waals surface area contributed by atoms with Crippen LogP contribution in [-0.2, 0) is 0 Å². The van der Waals surface area contributed by atoms with E-state index in [2.05, 4.69) is 21.2 Å². The molecule has 0 radical (unpaired) electrons. The van der Waals surface area contributed by atoms with Crippen LogP contribution in [0.4, 0.5) is 0 Å². The highest BCUT2D eigenvalue weighted by molar-refractivity contribution is 9.09. The number of alkyl halides is 1. The van der Waals surface area contributed by atoms with Crippen molar-refractivity contribution >= 4 is 33.2 Å². The fraction of sp³-hybridized carbons (Fsp3) is 0.583. The Labute approximate surface area is 114 Å². The van der Waals surface area contributed by atoms with E-state index < -0.39 is 0 Å². The lowest BCUT2D eigenvalue weighted by atomic mass is 10.0. The first-order valence-electron chi connectivity index (χ1n) is 5.66. The average Bonchev–Trinajstić information content (AvgIpc) is 2.93. The highest BCUT2D eigenvalue weighted by Crippen LogP contribution is 2.48. The Hall–Kier alpha value is -0.550. The number of ether oxygens (including phenoxy) is 1. The number of thiophene rings is 1. The van der Waals surface area contributed by atoms with Gasteiger partial charge in [-0.15, -0.1) is 11.3 Å². The van der Waals surface area contributed by atoms with Gasteiger partial charge in [-0.2, -0.15) is 0 Å². The molecule has 0 aromatic carbocycles. The van der Waals surface area contributed by atoms with Crippen molar-refractivity contribution in [2.45, 2.75) is 19.3 Å². The number of methoxy groups -OCH3 is 1. The Morgan fingerprint density at radius 1 is 1.65 bits per heavy atom. The summed E-state index contributed by atoms with van der Waals surface area (Å²) in [7, 11) is 1.59. The van der Waals surface area contributed by atoms with Crippen LogP contribution in [0.1, 0.15) is 28.9 Å². The third-order valence-electron chi connectivity index (χ3n) is 3.26. The summed E-state index contributed by atoms with van der Waals surface area (Å²) in [5, 5.41) is 5.90. The number of nitrogens with one attached hydrogen (secondary N) is 1. The van der Waals surface area contributed by atoms with Gasteiger partial charge in [0.1, 0.15) is 10.6 Å². The van der Waals surface area contributed by atoms with E-state index >= 15 is 0 Å². The van der Waals surface area contributed by atoms with Gasteiger partial charge in [0.05, 0.1) is 7.11 Å². The molecule has 2 rings (SSSR count). The van der Waals surface area contributed by atoms with Gasteiger partial charge in [-0.3, -0.25) is 4.79 Å². The number of hydrogen-bond donors (Lipinski definition) is 1. The molecule has 0 unspecified atom stereocenters. The number of amides is 1. The summed E-state index contributed by atoms with van der Waals surface area (Å²) in [6.45, 7) is 0.776. The number of carbonyl (C=O) groups excluding carboxylic acids is 1. The zero-order chi connectivity index (χ0) is 12.3. The van der Waals surface area contributed by atoms with Gasteiger partial charge < -0.3 is 10.1 Å². The van der Waals surface area contributed by atoms with Crippen LogP contribution in [0.15, 0.2) is 11.4 Å². The zero-order valence-corrected chi connectivity index (χ0v) is 12.2. The van der Waals surface area contributed by atoms with Crippen LogP contribution in [0.25, 0.3) is 0 Å². The second kappa shape index (κ2) is 5.40. The molecule has 3 nitrogen and oxygen atoms in total. The summed E-state index contributed by atoms with van der Waals surface area (Å²) in [5.41, 5.74) is 0.351. The third-order valence-corrected chi connectivity index (χ3v) is 4.55. The minimum absolute atomic E-state index is 0.0160. The molecule has 1 fully saturated rings. The lowest BCUT2D eigenvalue weighted by molar-refractivity contribution is 0.0946. The van der Waals surface area contributed by atoms with Gasteiger partial charge in [-0.25, -0.2) is 0 Å². The predicted molar refractivity (Wildman–Crippen MR) is 73.3 cm³/mol. The van der Waals surface area contributed by atoms with Gasteiger partial charge in [0, 0.05) is 11.9 Å². The van der Waals surface area contributed by atoms with Crippen LogP contribution < -0.4 is 10.1 Å². The lowest BCUT2D eigenvalue weighted by Crippen LogP contribution is -2.30. The first kappa shape index (κ1) is 12.9. The van der Waals surface area contributed by atoms with E-state index in [0.717, 1.165) is 18.3 Å². The maximum Gasteiger partial charge on any atom is 0.265 e. The molecule has 1 aromatic heterocycles. The third kappa shape index (κ3) is 3.01. The first-order chi connectivity index (χ1) is 8.21. The van der Waals surface area contributed by atoms with Crippen molar-refractivity contribution in [1.82, 2.24) is 5.32 Å². The topological polar surface area (TPSA) is 38.3 Å². The molecule has 1 aliphatic rings. The Morgan fingerprint density at radius 2 is 2.41 bits per heavy atom. The molecule has 1 amide bonds. The fourth-order valence-corrected chi connectivity index (χ4v) is 3.48. The van der Waals surface area contributed by atoms with Crippen molar-refractivity contribution in [2.24, 2.45) is 5.41 Å². The van der Waals surface area contributed by atoms with Crippen molar-refractivity contribution in [3.63, 3.8) is 0 Å². The Balaban J connectivity index is 1.90. The molecule has 0 bridgehead atoms. The molecule has 0 atom stereocenters. The van der Waals surface area contributed by atoms with E-state index in [1.807, 2.05) is 11.4 Å². The van der Waals surface area contributed by atoms with Gasteiger partial charge in [-0.1, -0.05) is 15.9 Å². The molecule has 17 heavy (non-hydrogen) atoms. The number of hydrogen-bond acceptors (Lipinski definition) is 3. The number of carbonyl (C=O) groups is 1. The zero-order valence-electron chi connectivity index (χ0n) is 9.79. The predicted octanol–water partition coefficient (Wildman–Crippen LogP) is 3.05. The van der Waals surface area contributed by atoms with Crippen LogP contribution in [0.2, 0.25) is 0 Å². The van der Waals surface area contributed by atoms with E-state index in [-0.39, 0.29) is 5.91 Å². The summed E-state index contributed by atoms with van der Waals surface area (Å²) in [4.78, 5) is 12.6. The molecule has 1 heterocycles. The van der Waals surface area contributed by atoms with Crippen molar-refractivity contribution in [2.75, 3.05) is 19.0 Å². The summed E-state index contributed by atoms with van der Waals surface area (Å²) >= 11 is 4.88. The largest absolute Gasteiger partial charge is 0.495 e. The van der Waals surface area contributed by atoms with Crippen LogP contribution in [-0.4, -0.2) is 24.9 Å². The molecule has 1 aliphatic carbocycles. The quantitative estimate of drug-likeness (QED) is 0.819. The normalized spacial score (nSPS) is 16.6. The molecule has 94 valence electrons. The maximum atomic E-state index is 12.0. The molecule has 0 aliphatic heterocycles. The monoisotopic (exact) mass is 317 g/mol. The first-order valence-corrected chi connectivity index (χ1v) is 7.66. The van der Waals surface area contributed by atoms with Crippen LogP contribution in [0.5, 0.6) is 5.75 Å². The molecule has 1 saturated carbocycles. The SMILES string of the molecule is COc1ccsc1C(=O)NCC1(CCBr)CC1. The highest BCUT2D eigenvalue weighted by Gasteiger charge is 2.41. The smallest absolute Gasteiger partial charge is 0.265 e. The van der Waals surface area contributed by atoms with Gasteiger partial charge in [0.2, 0.25) is 0 Å². The highest BCUT2D eigenvalue weighted by atomic mass is 79.9. The number of halogens is 1. The summed E-state index contributed by atoms with van der Waals surface area (Å²) in [6, 6.07) is 1.82. The molecule has 1 N–H and O–H groups in total. The maximum absolute atomic E-state index is 12.0. The summed E-state index contributed by atoms with van der Waals surface area (Å²) in [5.74, 6) is 0.649. The van der Waals surface area contributed by atoms with E-state index in [0.29, 0.717) is 16.0 Å². The average molecular weight is 318 g/mol. The molecular formula is C12H16BrNO2S. The Bertz CT molecular complexity index is 401. The van der Waals surface area contributed by atoms with Gasteiger partial charge in [-0.05, 0) is 36.1 Å². The molecule has 0 spiro atoms. The lowest BCUT2D eigenvalue weighted by Gasteiger charge is -2.14.